The molecule has 0 radical (unpaired) electrons. The van der Waals surface area contributed by atoms with Gasteiger partial charge in [0.2, 0.25) is 0 Å². The second-order valence-electron chi connectivity index (χ2n) is 6.96. The van der Waals surface area contributed by atoms with Crippen LogP contribution in [0.1, 0.15) is 31.9 Å². The van der Waals surface area contributed by atoms with Crippen molar-refractivity contribution in [1.82, 2.24) is 25.1 Å². The van der Waals surface area contributed by atoms with Gasteiger partial charge in [0, 0.05) is 36.3 Å². The highest BCUT2D eigenvalue weighted by Gasteiger charge is 2.21. The van der Waals surface area contributed by atoms with E-state index in [2.05, 4.69) is 40.4 Å². The molecule has 1 aliphatic heterocycles. The van der Waals surface area contributed by atoms with Gasteiger partial charge in [-0.15, -0.1) is 0 Å². The molecular weight excluding hydrogens is 324 g/mol. The van der Waals surface area contributed by atoms with Crippen LogP contribution in [-0.4, -0.2) is 45.9 Å². The van der Waals surface area contributed by atoms with E-state index in [9.17, 15) is 0 Å². The van der Waals surface area contributed by atoms with Gasteiger partial charge >= 0.3 is 0 Å². The van der Waals surface area contributed by atoms with E-state index in [1.54, 1.807) is 0 Å². The number of hydrogen-bond acceptors (Lipinski definition) is 5. The number of hydrogen-bond donors (Lipinski definition) is 1. The largest absolute Gasteiger partial charge is 0.355 e. The van der Waals surface area contributed by atoms with Crippen LogP contribution in [-0.2, 0) is 6.42 Å². The Balaban J connectivity index is 1.76. The minimum atomic E-state index is 0.516. The predicted octanol–water partition coefficient (Wildman–Crippen LogP) is 2.96. The summed E-state index contributed by atoms with van der Waals surface area (Å²) < 4.78 is 1.86. The van der Waals surface area contributed by atoms with Crippen LogP contribution < -0.4 is 10.2 Å². The van der Waals surface area contributed by atoms with Crippen molar-refractivity contribution in [2.75, 3.05) is 25.0 Å². The van der Waals surface area contributed by atoms with Gasteiger partial charge in [0.25, 0.3) is 5.95 Å². The molecule has 0 unspecified atom stereocenters. The molecule has 0 saturated carbocycles. The number of para-hydroxylation sites is 1. The second kappa shape index (κ2) is 7.41. The van der Waals surface area contributed by atoms with Crippen molar-refractivity contribution in [3.8, 4) is 5.95 Å². The minimum Gasteiger partial charge on any atom is -0.355 e. The Morgan fingerprint density at radius 2 is 2.12 bits per heavy atom. The minimum absolute atomic E-state index is 0.516. The van der Waals surface area contributed by atoms with Crippen LogP contribution in [0.2, 0.25) is 0 Å². The van der Waals surface area contributed by atoms with Gasteiger partial charge in [-0.25, -0.2) is 4.98 Å². The fraction of sp³-hybridized carbons (Fsp3) is 0.450. The maximum atomic E-state index is 4.89. The highest BCUT2D eigenvalue weighted by atomic mass is 15.4. The zero-order valence-corrected chi connectivity index (χ0v) is 15.5. The lowest BCUT2D eigenvalue weighted by Crippen LogP contribution is -2.44. The Kier molecular flexibility index (Phi) is 4.84. The molecule has 0 aliphatic carbocycles. The van der Waals surface area contributed by atoms with Crippen LogP contribution in [0, 0.1) is 0 Å². The SMILES string of the molecule is CCCc1cc(N2CCC[C@@H](NC)C2)nc(-n2ncc3ccccc32)n1. The summed E-state index contributed by atoms with van der Waals surface area (Å²) in [7, 11) is 2.04. The van der Waals surface area contributed by atoms with Crippen molar-refractivity contribution in [2.45, 2.75) is 38.6 Å². The normalized spacial score (nSPS) is 17.8. The Labute approximate surface area is 154 Å². The Bertz CT molecular complexity index is 887. The van der Waals surface area contributed by atoms with Crippen molar-refractivity contribution >= 4 is 16.7 Å². The number of rotatable bonds is 5. The molecule has 1 aromatic carbocycles. The number of benzene rings is 1. The summed E-state index contributed by atoms with van der Waals surface area (Å²) in [5.41, 5.74) is 2.12. The lowest BCUT2D eigenvalue weighted by molar-refractivity contribution is 0.447. The summed E-state index contributed by atoms with van der Waals surface area (Å²) >= 11 is 0. The van der Waals surface area contributed by atoms with Gasteiger partial charge in [0.05, 0.1) is 11.7 Å². The molecule has 2 aromatic heterocycles. The van der Waals surface area contributed by atoms with Crippen LogP contribution in [0.5, 0.6) is 0 Å². The third-order valence-corrected chi connectivity index (χ3v) is 5.08. The van der Waals surface area contributed by atoms with Crippen molar-refractivity contribution in [1.29, 1.82) is 0 Å². The molecule has 0 bridgehead atoms. The number of aromatic nitrogens is 4. The number of fused-ring (bicyclic) bond motifs is 1. The first-order valence-electron chi connectivity index (χ1n) is 9.52. The van der Waals surface area contributed by atoms with Gasteiger partial charge in [0.1, 0.15) is 5.82 Å². The lowest BCUT2D eigenvalue weighted by Gasteiger charge is -2.33. The van der Waals surface area contributed by atoms with Gasteiger partial charge < -0.3 is 10.2 Å². The molecule has 26 heavy (non-hydrogen) atoms. The van der Waals surface area contributed by atoms with E-state index in [1.807, 2.05) is 30.1 Å². The average molecular weight is 350 g/mol. The van der Waals surface area contributed by atoms with E-state index in [0.29, 0.717) is 12.0 Å². The zero-order valence-electron chi connectivity index (χ0n) is 15.5. The molecule has 0 amide bonds. The van der Waals surface area contributed by atoms with E-state index in [0.717, 1.165) is 48.3 Å². The standard InChI is InChI=1S/C20H26N6/c1-3-7-16-12-19(25-11-6-9-17(14-25)21-2)24-20(23-16)26-18-10-5-4-8-15(18)13-22-26/h4-5,8,10,12-13,17,21H,3,6-7,9,11,14H2,1-2H3/t17-/m1/s1. The van der Waals surface area contributed by atoms with Crippen molar-refractivity contribution in [2.24, 2.45) is 0 Å². The van der Waals surface area contributed by atoms with Crippen LogP contribution in [0.3, 0.4) is 0 Å². The van der Waals surface area contributed by atoms with E-state index in [1.165, 1.54) is 12.8 Å². The number of nitrogens with one attached hydrogen (secondary N) is 1. The molecule has 4 rings (SSSR count). The van der Waals surface area contributed by atoms with Crippen LogP contribution in [0.15, 0.2) is 36.5 Å². The van der Waals surface area contributed by atoms with E-state index < -0.39 is 0 Å². The quantitative estimate of drug-likeness (QED) is 0.767. The second-order valence-corrected chi connectivity index (χ2v) is 6.96. The molecule has 6 nitrogen and oxygen atoms in total. The summed E-state index contributed by atoms with van der Waals surface area (Å²) in [4.78, 5) is 12.1. The van der Waals surface area contributed by atoms with Gasteiger partial charge in [-0.05, 0) is 32.4 Å². The zero-order chi connectivity index (χ0) is 17.9. The molecule has 136 valence electrons. The van der Waals surface area contributed by atoms with Gasteiger partial charge in [0.15, 0.2) is 0 Å². The van der Waals surface area contributed by atoms with Gasteiger partial charge in [-0.1, -0.05) is 31.5 Å². The summed E-state index contributed by atoms with van der Waals surface area (Å²) in [5.74, 6) is 1.68. The highest BCUT2D eigenvalue weighted by Crippen LogP contribution is 2.22. The lowest BCUT2D eigenvalue weighted by atomic mass is 10.1. The molecule has 3 heterocycles. The molecule has 1 aliphatic rings. The van der Waals surface area contributed by atoms with E-state index >= 15 is 0 Å². The average Bonchev–Trinajstić information content (AvgIpc) is 3.12. The van der Waals surface area contributed by atoms with E-state index in [-0.39, 0.29) is 0 Å². The van der Waals surface area contributed by atoms with Crippen molar-refractivity contribution in [3.05, 3.63) is 42.2 Å². The fourth-order valence-electron chi connectivity index (χ4n) is 3.66. The first-order valence-corrected chi connectivity index (χ1v) is 9.52. The third kappa shape index (κ3) is 3.29. The number of anilines is 1. The Morgan fingerprint density at radius 3 is 2.96 bits per heavy atom. The molecule has 1 fully saturated rings. The van der Waals surface area contributed by atoms with Gasteiger partial charge in [-0.2, -0.15) is 14.8 Å². The first-order chi connectivity index (χ1) is 12.8. The molecule has 6 heteroatoms. The number of nitrogens with zero attached hydrogens (tertiary/aromatic N) is 5. The Morgan fingerprint density at radius 1 is 1.23 bits per heavy atom. The highest BCUT2D eigenvalue weighted by molar-refractivity contribution is 5.79. The fourth-order valence-corrected chi connectivity index (χ4v) is 3.66. The molecule has 0 spiro atoms. The number of piperidine rings is 1. The number of likely N-dealkylation sites (N-methyl/N-ethyl adjacent to an activating group) is 1. The first kappa shape index (κ1) is 17.0. The smallest absolute Gasteiger partial charge is 0.253 e. The van der Waals surface area contributed by atoms with Gasteiger partial charge in [-0.3, -0.25) is 0 Å². The van der Waals surface area contributed by atoms with Crippen molar-refractivity contribution in [3.63, 3.8) is 0 Å². The molecule has 3 aromatic rings. The van der Waals surface area contributed by atoms with Crippen LogP contribution >= 0.6 is 0 Å². The predicted molar refractivity (Wildman–Crippen MR) is 105 cm³/mol. The van der Waals surface area contributed by atoms with Crippen LogP contribution in [0.4, 0.5) is 5.82 Å². The molecule has 1 N–H and O–H groups in total. The maximum Gasteiger partial charge on any atom is 0.253 e. The Hall–Kier alpha value is -2.47. The summed E-state index contributed by atoms with van der Waals surface area (Å²) in [6.07, 6.45) is 6.29. The third-order valence-electron chi connectivity index (χ3n) is 5.08. The summed E-state index contributed by atoms with van der Waals surface area (Å²) in [6.45, 7) is 4.21. The molecule has 1 saturated heterocycles. The van der Waals surface area contributed by atoms with Crippen molar-refractivity contribution < 1.29 is 0 Å². The summed E-state index contributed by atoms with van der Waals surface area (Å²) in [6, 6.07) is 10.9. The van der Waals surface area contributed by atoms with E-state index in [4.69, 9.17) is 9.97 Å². The molecular formula is C20H26N6. The van der Waals surface area contributed by atoms with Crippen LogP contribution in [0.25, 0.3) is 16.9 Å². The number of aryl methyl sites for hydroxylation is 1. The molecule has 1 atom stereocenters. The summed E-state index contributed by atoms with van der Waals surface area (Å²) in [5, 5.41) is 9.06. The maximum absolute atomic E-state index is 4.89. The monoisotopic (exact) mass is 350 g/mol. The topological polar surface area (TPSA) is 58.9 Å².